The normalized spacial score (nSPS) is 17.9. The lowest BCUT2D eigenvalue weighted by molar-refractivity contribution is 0.273. The molecule has 0 aromatic heterocycles. The van der Waals surface area contributed by atoms with Crippen molar-refractivity contribution in [3.05, 3.63) is 12.7 Å². The first-order chi connectivity index (χ1) is 8.77. The van der Waals surface area contributed by atoms with Crippen LogP contribution in [0.3, 0.4) is 0 Å². The fourth-order valence-electron chi connectivity index (χ4n) is 2.03. The van der Waals surface area contributed by atoms with E-state index in [0.29, 0.717) is 0 Å². The SMILES string of the molecule is C=CCSCCN=C(NCC)N1CCC(C)CC1. The molecule has 1 saturated heterocycles. The highest BCUT2D eigenvalue weighted by Gasteiger charge is 2.18. The number of nitrogens with zero attached hydrogens (tertiary/aromatic N) is 2. The lowest BCUT2D eigenvalue weighted by Gasteiger charge is -2.33. The van der Waals surface area contributed by atoms with Gasteiger partial charge in [0.2, 0.25) is 0 Å². The second-order valence-corrected chi connectivity index (χ2v) is 5.92. The molecule has 1 heterocycles. The Bertz CT molecular complexity index is 258. The summed E-state index contributed by atoms with van der Waals surface area (Å²) in [6, 6.07) is 0. The predicted molar refractivity (Wildman–Crippen MR) is 83.5 cm³/mol. The minimum absolute atomic E-state index is 0.868. The average Bonchev–Trinajstić information content (AvgIpc) is 2.38. The Morgan fingerprint density at radius 2 is 2.22 bits per heavy atom. The van der Waals surface area contributed by atoms with Gasteiger partial charge in [-0.15, -0.1) is 6.58 Å². The zero-order valence-corrected chi connectivity index (χ0v) is 12.6. The Labute approximate surface area is 116 Å². The van der Waals surface area contributed by atoms with Gasteiger partial charge >= 0.3 is 0 Å². The summed E-state index contributed by atoms with van der Waals surface area (Å²) < 4.78 is 0. The standard InChI is InChI=1S/C14H27N3S/c1-4-11-18-12-8-16-14(15-5-2)17-9-6-13(3)7-10-17/h4,13H,1,5-12H2,2-3H3,(H,15,16). The van der Waals surface area contributed by atoms with Gasteiger partial charge in [-0.1, -0.05) is 13.0 Å². The first-order valence-electron chi connectivity index (χ1n) is 6.99. The molecule has 1 rings (SSSR count). The molecular formula is C14H27N3S. The van der Waals surface area contributed by atoms with Crippen molar-refractivity contribution in [2.45, 2.75) is 26.7 Å². The van der Waals surface area contributed by atoms with E-state index in [1.54, 1.807) is 0 Å². The molecular weight excluding hydrogens is 242 g/mol. The molecule has 4 heteroatoms. The smallest absolute Gasteiger partial charge is 0.193 e. The minimum atomic E-state index is 0.868. The third-order valence-electron chi connectivity index (χ3n) is 3.15. The van der Waals surface area contributed by atoms with Crippen molar-refractivity contribution in [2.75, 3.05) is 37.7 Å². The molecule has 0 radical (unpaired) electrons. The van der Waals surface area contributed by atoms with E-state index >= 15 is 0 Å². The maximum Gasteiger partial charge on any atom is 0.193 e. The predicted octanol–water partition coefficient (Wildman–Crippen LogP) is 2.60. The molecule has 0 saturated carbocycles. The molecule has 0 aromatic rings. The molecule has 3 nitrogen and oxygen atoms in total. The number of aliphatic imine (C=N–C) groups is 1. The average molecular weight is 269 g/mol. The van der Waals surface area contributed by atoms with Gasteiger partial charge in [-0.05, 0) is 25.7 Å². The van der Waals surface area contributed by atoms with Crippen molar-refractivity contribution in [3.8, 4) is 0 Å². The summed E-state index contributed by atoms with van der Waals surface area (Å²) in [5.74, 6) is 4.06. The van der Waals surface area contributed by atoms with Gasteiger partial charge < -0.3 is 10.2 Å². The molecule has 1 N–H and O–H groups in total. The van der Waals surface area contributed by atoms with Crippen molar-refractivity contribution in [3.63, 3.8) is 0 Å². The number of hydrogen-bond donors (Lipinski definition) is 1. The van der Waals surface area contributed by atoms with Gasteiger partial charge in [0.25, 0.3) is 0 Å². The quantitative estimate of drug-likeness (QED) is 0.348. The molecule has 18 heavy (non-hydrogen) atoms. The molecule has 0 aliphatic carbocycles. The van der Waals surface area contributed by atoms with Crippen LogP contribution in [0.25, 0.3) is 0 Å². The third kappa shape index (κ3) is 5.80. The van der Waals surface area contributed by atoms with Crippen molar-refractivity contribution >= 4 is 17.7 Å². The minimum Gasteiger partial charge on any atom is -0.357 e. The van der Waals surface area contributed by atoms with Crippen molar-refractivity contribution < 1.29 is 0 Å². The number of piperidine rings is 1. The molecule has 0 aromatic carbocycles. The summed E-state index contributed by atoms with van der Waals surface area (Å²) in [5, 5.41) is 3.40. The lowest BCUT2D eigenvalue weighted by atomic mass is 10.00. The van der Waals surface area contributed by atoms with Crippen LogP contribution < -0.4 is 5.32 Å². The number of hydrogen-bond acceptors (Lipinski definition) is 2. The maximum absolute atomic E-state index is 4.71. The molecule has 0 spiro atoms. The molecule has 0 amide bonds. The van der Waals surface area contributed by atoms with Crippen LogP contribution in [-0.4, -0.2) is 48.5 Å². The molecule has 104 valence electrons. The van der Waals surface area contributed by atoms with Gasteiger partial charge in [-0.25, -0.2) is 0 Å². The Morgan fingerprint density at radius 1 is 1.50 bits per heavy atom. The fourth-order valence-corrected chi connectivity index (χ4v) is 2.58. The topological polar surface area (TPSA) is 27.6 Å². The van der Waals surface area contributed by atoms with E-state index in [1.807, 2.05) is 17.8 Å². The van der Waals surface area contributed by atoms with E-state index in [1.165, 1.54) is 12.8 Å². The molecule has 0 atom stereocenters. The monoisotopic (exact) mass is 269 g/mol. The Morgan fingerprint density at radius 3 is 2.83 bits per heavy atom. The molecule has 1 aliphatic rings. The Kier molecular flexibility index (Phi) is 7.98. The molecule has 1 aliphatic heterocycles. The van der Waals surface area contributed by atoms with Crippen molar-refractivity contribution in [2.24, 2.45) is 10.9 Å². The number of guanidine groups is 1. The zero-order valence-electron chi connectivity index (χ0n) is 11.8. The van der Waals surface area contributed by atoms with Gasteiger partial charge in [0, 0.05) is 31.1 Å². The van der Waals surface area contributed by atoms with Gasteiger partial charge in [-0.3, -0.25) is 4.99 Å². The maximum atomic E-state index is 4.71. The fraction of sp³-hybridized carbons (Fsp3) is 0.786. The van der Waals surface area contributed by atoms with E-state index < -0.39 is 0 Å². The van der Waals surface area contributed by atoms with Crippen LogP contribution in [0, 0.1) is 5.92 Å². The van der Waals surface area contributed by atoms with Crippen molar-refractivity contribution in [1.29, 1.82) is 0 Å². The van der Waals surface area contributed by atoms with Gasteiger partial charge in [-0.2, -0.15) is 11.8 Å². The van der Waals surface area contributed by atoms with E-state index in [9.17, 15) is 0 Å². The van der Waals surface area contributed by atoms with Crippen LogP contribution in [0.2, 0.25) is 0 Å². The first-order valence-corrected chi connectivity index (χ1v) is 8.15. The van der Waals surface area contributed by atoms with Gasteiger partial charge in [0.15, 0.2) is 5.96 Å². The molecule has 1 fully saturated rings. The molecule has 0 bridgehead atoms. The summed E-state index contributed by atoms with van der Waals surface area (Å²) in [6.45, 7) is 12.3. The highest BCUT2D eigenvalue weighted by atomic mass is 32.2. The summed E-state index contributed by atoms with van der Waals surface area (Å²) in [5.41, 5.74) is 0. The Hall–Kier alpha value is -0.640. The number of likely N-dealkylation sites (tertiary alicyclic amines) is 1. The van der Waals surface area contributed by atoms with Crippen LogP contribution in [0.1, 0.15) is 26.7 Å². The second-order valence-electron chi connectivity index (χ2n) is 4.77. The van der Waals surface area contributed by atoms with E-state index in [4.69, 9.17) is 4.99 Å². The summed E-state index contributed by atoms with van der Waals surface area (Å²) in [7, 11) is 0. The van der Waals surface area contributed by atoms with Crippen LogP contribution in [-0.2, 0) is 0 Å². The van der Waals surface area contributed by atoms with Gasteiger partial charge in [0.1, 0.15) is 0 Å². The third-order valence-corrected chi connectivity index (χ3v) is 4.09. The van der Waals surface area contributed by atoms with Crippen LogP contribution in [0.4, 0.5) is 0 Å². The van der Waals surface area contributed by atoms with Crippen LogP contribution >= 0.6 is 11.8 Å². The van der Waals surface area contributed by atoms with Crippen LogP contribution in [0.15, 0.2) is 17.6 Å². The highest BCUT2D eigenvalue weighted by molar-refractivity contribution is 7.99. The number of nitrogens with one attached hydrogen (secondary N) is 1. The molecule has 0 unspecified atom stereocenters. The highest BCUT2D eigenvalue weighted by Crippen LogP contribution is 2.15. The van der Waals surface area contributed by atoms with Crippen LogP contribution in [0.5, 0.6) is 0 Å². The first kappa shape index (κ1) is 15.4. The number of rotatable bonds is 6. The van der Waals surface area contributed by atoms with E-state index in [-0.39, 0.29) is 0 Å². The second kappa shape index (κ2) is 9.31. The summed E-state index contributed by atoms with van der Waals surface area (Å²) >= 11 is 1.89. The Balaban J connectivity index is 2.37. The van der Waals surface area contributed by atoms with E-state index in [0.717, 1.165) is 49.6 Å². The van der Waals surface area contributed by atoms with Gasteiger partial charge in [0.05, 0.1) is 6.54 Å². The van der Waals surface area contributed by atoms with Crippen molar-refractivity contribution in [1.82, 2.24) is 10.2 Å². The number of thioether (sulfide) groups is 1. The van der Waals surface area contributed by atoms with E-state index in [2.05, 4.69) is 30.6 Å². The largest absolute Gasteiger partial charge is 0.357 e. The lowest BCUT2D eigenvalue weighted by Crippen LogP contribution is -2.45. The summed E-state index contributed by atoms with van der Waals surface area (Å²) in [6.07, 6.45) is 4.52. The summed E-state index contributed by atoms with van der Waals surface area (Å²) in [4.78, 5) is 7.11. The zero-order chi connectivity index (χ0) is 13.2.